The van der Waals surface area contributed by atoms with E-state index in [9.17, 15) is 4.79 Å². The fraction of sp³-hybridized carbons (Fsp3) is 0.150. The Balaban J connectivity index is 1.67. The molecule has 0 aliphatic heterocycles. The van der Waals surface area contributed by atoms with Crippen molar-refractivity contribution >= 4 is 12.1 Å². The highest BCUT2D eigenvalue weighted by Gasteiger charge is 2.07. The van der Waals surface area contributed by atoms with Gasteiger partial charge in [-0.1, -0.05) is 42.5 Å². The number of carbonyl (C=O) groups is 1. The zero-order valence-electron chi connectivity index (χ0n) is 14.3. The van der Waals surface area contributed by atoms with Crippen LogP contribution in [0.2, 0.25) is 0 Å². The highest BCUT2D eigenvalue weighted by atomic mass is 16.2. The summed E-state index contributed by atoms with van der Waals surface area (Å²) in [6.07, 6.45) is 1.62. The molecule has 1 aromatic heterocycles. The highest BCUT2D eigenvalue weighted by molar-refractivity contribution is 5.95. The first-order valence-electron chi connectivity index (χ1n) is 8.10. The Bertz CT molecular complexity index is 897. The SMILES string of the molecule is Cc1cc(C)n(Cc2cccc(C(=O)N/N=C/c3ccccc3)c2)n1. The van der Waals surface area contributed by atoms with Crippen LogP contribution >= 0.6 is 0 Å². The molecule has 0 atom stereocenters. The van der Waals surface area contributed by atoms with E-state index in [1.807, 2.05) is 73.1 Å². The number of benzene rings is 2. The maximum absolute atomic E-state index is 12.3. The number of rotatable bonds is 5. The van der Waals surface area contributed by atoms with Gasteiger partial charge in [-0.2, -0.15) is 10.2 Å². The summed E-state index contributed by atoms with van der Waals surface area (Å²) in [5, 5.41) is 8.46. The van der Waals surface area contributed by atoms with E-state index in [-0.39, 0.29) is 5.91 Å². The lowest BCUT2D eigenvalue weighted by Gasteiger charge is -2.06. The van der Waals surface area contributed by atoms with Gasteiger partial charge in [-0.3, -0.25) is 9.48 Å². The molecule has 3 rings (SSSR count). The maximum Gasteiger partial charge on any atom is 0.271 e. The summed E-state index contributed by atoms with van der Waals surface area (Å²) in [5.41, 5.74) is 7.17. The molecule has 2 aromatic carbocycles. The molecule has 0 aliphatic carbocycles. The van der Waals surface area contributed by atoms with E-state index < -0.39 is 0 Å². The Labute approximate surface area is 147 Å². The van der Waals surface area contributed by atoms with Crippen molar-refractivity contribution in [3.8, 4) is 0 Å². The average Bonchev–Trinajstić information content (AvgIpc) is 2.93. The fourth-order valence-corrected chi connectivity index (χ4v) is 2.59. The van der Waals surface area contributed by atoms with Gasteiger partial charge in [-0.25, -0.2) is 5.43 Å². The number of hydrogen-bond acceptors (Lipinski definition) is 3. The second-order valence-electron chi connectivity index (χ2n) is 5.89. The van der Waals surface area contributed by atoms with Gasteiger partial charge >= 0.3 is 0 Å². The smallest absolute Gasteiger partial charge is 0.267 e. The topological polar surface area (TPSA) is 59.3 Å². The number of nitrogens with one attached hydrogen (secondary N) is 1. The summed E-state index contributed by atoms with van der Waals surface area (Å²) in [6.45, 7) is 4.63. The van der Waals surface area contributed by atoms with Crippen molar-refractivity contribution in [1.29, 1.82) is 0 Å². The third kappa shape index (κ3) is 4.41. The summed E-state index contributed by atoms with van der Waals surface area (Å²) >= 11 is 0. The summed E-state index contributed by atoms with van der Waals surface area (Å²) in [6, 6.07) is 19.2. The fourth-order valence-electron chi connectivity index (χ4n) is 2.59. The van der Waals surface area contributed by atoms with E-state index in [0.717, 1.165) is 22.5 Å². The van der Waals surface area contributed by atoms with Gasteiger partial charge in [0.05, 0.1) is 18.5 Å². The number of carbonyl (C=O) groups excluding carboxylic acids is 1. The molecule has 1 amide bonds. The number of amides is 1. The van der Waals surface area contributed by atoms with Gasteiger partial charge in [0.15, 0.2) is 0 Å². The molecule has 0 saturated heterocycles. The first kappa shape index (κ1) is 16.6. The van der Waals surface area contributed by atoms with Crippen LogP contribution in [0.4, 0.5) is 0 Å². The Morgan fingerprint density at radius 1 is 1.12 bits per heavy atom. The lowest BCUT2D eigenvalue weighted by molar-refractivity contribution is 0.0955. The molecule has 0 fully saturated rings. The van der Waals surface area contributed by atoms with Gasteiger partial charge in [0.1, 0.15) is 0 Å². The molecular weight excluding hydrogens is 312 g/mol. The monoisotopic (exact) mass is 332 g/mol. The number of aromatic nitrogens is 2. The van der Waals surface area contributed by atoms with Crippen molar-refractivity contribution in [1.82, 2.24) is 15.2 Å². The van der Waals surface area contributed by atoms with Gasteiger partial charge in [-0.15, -0.1) is 0 Å². The normalized spacial score (nSPS) is 11.0. The predicted molar refractivity (Wildman–Crippen MR) is 98.7 cm³/mol. The number of hydrazone groups is 1. The van der Waals surface area contributed by atoms with E-state index in [2.05, 4.69) is 15.6 Å². The summed E-state index contributed by atoms with van der Waals surface area (Å²) < 4.78 is 1.93. The molecule has 0 saturated carbocycles. The Kier molecular flexibility index (Phi) is 5.04. The van der Waals surface area contributed by atoms with Crippen LogP contribution in [0.3, 0.4) is 0 Å². The summed E-state index contributed by atoms with van der Waals surface area (Å²) in [7, 11) is 0. The second-order valence-corrected chi connectivity index (χ2v) is 5.89. The molecule has 5 heteroatoms. The van der Waals surface area contributed by atoms with Gasteiger partial charge in [0.2, 0.25) is 0 Å². The first-order valence-corrected chi connectivity index (χ1v) is 8.10. The van der Waals surface area contributed by atoms with E-state index in [1.54, 1.807) is 12.3 Å². The third-order valence-corrected chi connectivity index (χ3v) is 3.80. The molecule has 0 unspecified atom stereocenters. The quantitative estimate of drug-likeness (QED) is 0.575. The van der Waals surface area contributed by atoms with Crippen LogP contribution in [0.25, 0.3) is 0 Å². The van der Waals surface area contributed by atoms with E-state index >= 15 is 0 Å². The van der Waals surface area contributed by atoms with Crippen molar-refractivity contribution in [2.24, 2.45) is 5.10 Å². The van der Waals surface area contributed by atoms with Crippen molar-refractivity contribution < 1.29 is 4.79 Å². The number of nitrogens with zero attached hydrogens (tertiary/aromatic N) is 3. The van der Waals surface area contributed by atoms with E-state index in [1.165, 1.54) is 0 Å². The van der Waals surface area contributed by atoms with Gasteiger partial charge < -0.3 is 0 Å². The molecule has 0 bridgehead atoms. The predicted octanol–water partition coefficient (Wildman–Crippen LogP) is 3.31. The molecule has 0 aliphatic rings. The number of hydrogen-bond donors (Lipinski definition) is 1. The van der Waals surface area contributed by atoms with Crippen LogP contribution in [-0.4, -0.2) is 21.9 Å². The van der Waals surface area contributed by atoms with Gasteiger partial charge in [0.25, 0.3) is 5.91 Å². The molecule has 1 heterocycles. The maximum atomic E-state index is 12.3. The zero-order chi connectivity index (χ0) is 17.6. The molecule has 5 nitrogen and oxygen atoms in total. The Morgan fingerprint density at radius 2 is 1.92 bits per heavy atom. The highest BCUT2D eigenvalue weighted by Crippen LogP contribution is 2.10. The lowest BCUT2D eigenvalue weighted by atomic mass is 10.1. The van der Waals surface area contributed by atoms with Crippen LogP contribution in [0, 0.1) is 13.8 Å². The minimum Gasteiger partial charge on any atom is -0.267 e. The molecule has 1 N–H and O–H groups in total. The van der Waals surface area contributed by atoms with Crippen molar-refractivity contribution in [3.63, 3.8) is 0 Å². The lowest BCUT2D eigenvalue weighted by Crippen LogP contribution is -2.18. The van der Waals surface area contributed by atoms with Gasteiger partial charge in [0, 0.05) is 11.3 Å². The second kappa shape index (κ2) is 7.57. The third-order valence-electron chi connectivity index (χ3n) is 3.80. The Morgan fingerprint density at radius 3 is 2.64 bits per heavy atom. The van der Waals surface area contributed by atoms with E-state index in [0.29, 0.717) is 12.1 Å². The van der Waals surface area contributed by atoms with Crippen LogP contribution in [0.15, 0.2) is 65.8 Å². The molecule has 25 heavy (non-hydrogen) atoms. The largest absolute Gasteiger partial charge is 0.271 e. The molecule has 126 valence electrons. The molecule has 3 aromatic rings. The average molecular weight is 332 g/mol. The molecule has 0 spiro atoms. The number of aryl methyl sites for hydroxylation is 2. The van der Waals surface area contributed by atoms with Crippen LogP contribution in [0.5, 0.6) is 0 Å². The minimum absolute atomic E-state index is 0.234. The van der Waals surface area contributed by atoms with Crippen LogP contribution in [-0.2, 0) is 6.54 Å². The van der Waals surface area contributed by atoms with Crippen molar-refractivity contribution in [2.75, 3.05) is 0 Å². The first-order chi connectivity index (χ1) is 12.1. The van der Waals surface area contributed by atoms with E-state index in [4.69, 9.17) is 0 Å². The van der Waals surface area contributed by atoms with Gasteiger partial charge in [-0.05, 0) is 43.2 Å². The molecular formula is C20H20N4O. The molecule has 0 radical (unpaired) electrons. The van der Waals surface area contributed by atoms with Crippen molar-refractivity contribution in [3.05, 3.63) is 88.7 Å². The standard InChI is InChI=1S/C20H20N4O/c1-15-11-16(2)24(23-15)14-18-9-6-10-19(12-18)20(25)22-21-13-17-7-4-3-5-8-17/h3-13H,14H2,1-2H3,(H,22,25)/b21-13+. The zero-order valence-corrected chi connectivity index (χ0v) is 14.3. The summed E-state index contributed by atoms with van der Waals surface area (Å²) in [4.78, 5) is 12.3. The van der Waals surface area contributed by atoms with Crippen molar-refractivity contribution in [2.45, 2.75) is 20.4 Å². The van der Waals surface area contributed by atoms with Crippen LogP contribution in [0.1, 0.15) is 32.9 Å². The summed E-state index contributed by atoms with van der Waals surface area (Å²) in [5.74, 6) is -0.234. The Hall–Kier alpha value is -3.21. The minimum atomic E-state index is -0.234. The van der Waals surface area contributed by atoms with Crippen LogP contribution < -0.4 is 5.43 Å².